The maximum atomic E-state index is 6.21. The molecule has 0 spiro atoms. The molecule has 0 aromatic carbocycles. The lowest BCUT2D eigenvalue weighted by Crippen LogP contribution is -2.33. The molecule has 0 saturated carbocycles. The maximum absolute atomic E-state index is 6.21. The van der Waals surface area contributed by atoms with Crippen LogP contribution in [0, 0.1) is 5.92 Å². The summed E-state index contributed by atoms with van der Waals surface area (Å²) in [6, 6.07) is 2.31. The zero-order valence-electron chi connectivity index (χ0n) is 13.1. The van der Waals surface area contributed by atoms with E-state index in [9.17, 15) is 0 Å². The van der Waals surface area contributed by atoms with Crippen LogP contribution in [0.5, 0.6) is 0 Å². The molecule has 1 N–H and O–H groups in total. The predicted octanol–water partition coefficient (Wildman–Crippen LogP) is 2.95. The fraction of sp³-hybridized carbons (Fsp3) is 0.667. The number of nitrogens with zero attached hydrogens (tertiary/aromatic N) is 2. The van der Waals surface area contributed by atoms with E-state index in [-0.39, 0.29) is 6.04 Å². The van der Waals surface area contributed by atoms with E-state index in [2.05, 4.69) is 36.0 Å². The predicted molar refractivity (Wildman–Crippen MR) is 85.5 cm³/mol. The Balaban J connectivity index is 2.74. The van der Waals surface area contributed by atoms with Gasteiger partial charge in [0.25, 0.3) is 0 Å². The minimum Gasteiger partial charge on any atom is -0.383 e. The molecular weight excluding hydrogens is 274 g/mol. The van der Waals surface area contributed by atoms with Gasteiger partial charge in [-0.1, -0.05) is 25.4 Å². The lowest BCUT2D eigenvalue weighted by molar-refractivity contribution is 0.183. The average molecular weight is 300 g/mol. The number of pyridine rings is 1. The van der Waals surface area contributed by atoms with Crippen LogP contribution in [0.2, 0.25) is 5.02 Å². The van der Waals surface area contributed by atoms with Crippen molar-refractivity contribution in [1.82, 2.24) is 10.3 Å². The van der Waals surface area contributed by atoms with Gasteiger partial charge in [-0.15, -0.1) is 0 Å². The van der Waals surface area contributed by atoms with Crippen LogP contribution in [0.25, 0.3) is 0 Å². The second-order valence-electron chi connectivity index (χ2n) is 5.57. The number of aromatic nitrogens is 1. The van der Waals surface area contributed by atoms with E-state index in [1.54, 1.807) is 13.3 Å². The first-order valence-corrected chi connectivity index (χ1v) is 7.40. The molecule has 114 valence electrons. The lowest BCUT2D eigenvalue weighted by Gasteiger charge is -2.26. The van der Waals surface area contributed by atoms with E-state index in [0.29, 0.717) is 17.5 Å². The van der Waals surface area contributed by atoms with Gasteiger partial charge >= 0.3 is 0 Å². The van der Waals surface area contributed by atoms with Gasteiger partial charge in [-0.3, -0.25) is 0 Å². The highest BCUT2D eigenvalue weighted by Gasteiger charge is 2.12. The van der Waals surface area contributed by atoms with Gasteiger partial charge in [0, 0.05) is 26.9 Å². The Morgan fingerprint density at radius 1 is 1.40 bits per heavy atom. The quantitative estimate of drug-likeness (QED) is 0.801. The third-order valence-corrected chi connectivity index (χ3v) is 3.56. The van der Waals surface area contributed by atoms with Gasteiger partial charge < -0.3 is 15.0 Å². The van der Waals surface area contributed by atoms with Crippen molar-refractivity contribution in [1.29, 1.82) is 0 Å². The van der Waals surface area contributed by atoms with Crippen LogP contribution >= 0.6 is 11.6 Å². The fourth-order valence-corrected chi connectivity index (χ4v) is 2.04. The molecule has 1 unspecified atom stereocenters. The van der Waals surface area contributed by atoms with E-state index in [1.165, 1.54) is 0 Å². The Hall–Kier alpha value is -0.840. The molecule has 5 heteroatoms. The number of halogens is 1. The molecule has 0 aliphatic heterocycles. The number of nitrogens with one attached hydrogen (secondary N) is 1. The molecule has 0 saturated heterocycles. The highest BCUT2D eigenvalue weighted by molar-refractivity contribution is 6.31. The summed E-state index contributed by atoms with van der Waals surface area (Å²) in [6.07, 6.45) is 1.72. The summed E-state index contributed by atoms with van der Waals surface area (Å²) in [5.41, 5.74) is 1.08. The summed E-state index contributed by atoms with van der Waals surface area (Å²) < 4.78 is 5.18. The Morgan fingerprint density at radius 3 is 2.70 bits per heavy atom. The first kappa shape index (κ1) is 17.2. The van der Waals surface area contributed by atoms with Crippen LogP contribution in [0.1, 0.15) is 26.3 Å². The summed E-state index contributed by atoms with van der Waals surface area (Å²) in [4.78, 5) is 6.50. The number of rotatable bonds is 8. The second-order valence-corrected chi connectivity index (χ2v) is 5.98. The molecule has 1 atom stereocenters. The molecule has 20 heavy (non-hydrogen) atoms. The Labute approximate surface area is 127 Å². The van der Waals surface area contributed by atoms with Crippen LogP contribution in [0.3, 0.4) is 0 Å². The van der Waals surface area contributed by atoms with E-state index in [1.807, 2.05) is 13.1 Å². The Kier molecular flexibility index (Phi) is 7.27. The molecule has 1 aromatic heterocycles. The molecule has 1 aromatic rings. The SMILES string of the molecule is COCC(C)N(C)c1cc(CNCC(C)C)c(Cl)cn1. The normalized spacial score (nSPS) is 12.8. The van der Waals surface area contributed by atoms with Crippen molar-refractivity contribution in [3.8, 4) is 0 Å². The highest BCUT2D eigenvalue weighted by Crippen LogP contribution is 2.21. The second kappa shape index (κ2) is 8.45. The van der Waals surface area contributed by atoms with Crippen LogP contribution in [-0.4, -0.2) is 38.3 Å². The van der Waals surface area contributed by atoms with Crippen molar-refractivity contribution >= 4 is 17.4 Å². The molecule has 0 amide bonds. The van der Waals surface area contributed by atoms with Crippen molar-refractivity contribution in [2.45, 2.75) is 33.4 Å². The van der Waals surface area contributed by atoms with E-state index < -0.39 is 0 Å². The lowest BCUT2D eigenvalue weighted by atomic mass is 10.2. The molecule has 1 heterocycles. The van der Waals surface area contributed by atoms with Gasteiger partial charge in [0.1, 0.15) is 5.82 Å². The van der Waals surface area contributed by atoms with Gasteiger partial charge in [0.15, 0.2) is 0 Å². The van der Waals surface area contributed by atoms with Crippen molar-refractivity contribution < 1.29 is 4.74 Å². The van der Waals surface area contributed by atoms with Gasteiger partial charge in [-0.05, 0) is 31.0 Å². The van der Waals surface area contributed by atoms with Crippen molar-refractivity contribution in [3.05, 3.63) is 22.8 Å². The minimum absolute atomic E-state index is 0.269. The van der Waals surface area contributed by atoms with Crippen molar-refractivity contribution in [2.24, 2.45) is 5.92 Å². The minimum atomic E-state index is 0.269. The highest BCUT2D eigenvalue weighted by atomic mass is 35.5. The van der Waals surface area contributed by atoms with Crippen LogP contribution in [0.15, 0.2) is 12.3 Å². The number of anilines is 1. The molecule has 0 aliphatic carbocycles. The van der Waals surface area contributed by atoms with Gasteiger partial charge in [-0.25, -0.2) is 4.98 Å². The monoisotopic (exact) mass is 299 g/mol. The summed E-state index contributed by atoms with van der Waals surface area (Å²) >= 11 is 6.21. The molecule has 0 radical (unpaired) electrons. The van der Waals surface area contributed by atoms with Crippen LogP contribution in [-0.2, 0) is 11.3 Å². The third-order valence-electron chi connectivity index (χ3n) is 3.22. The number of methoxy groups -OCH3 is 1. The molecular formula is C15H26ClN3O. The molecule has 1 rings (SSSR count). The Bertz CT molecular complexity index is 412. The fourth-order valence-electron chi connectivity index (χ4n) is 1.87. The van der Waals surface area contributed by atoms with Crippen LogP contribution in [0.4, 0.5) is 5.82 Å². The van der Waals surface area contributed by atoms with Crippen molar-refractivity contribution in [2.75, 3.05) is 32.2 Å². The number of hydrogen-bond acceptors (Lipinski definition) is 4. The largest absolute Gasteiger partial charge is 0.383 e. The van der Waals surface area contributed by atoms with E-state index >= 15 is 0 Å². The Morgan fingerprint density at radius 2 is 2.10 bits per heavy atom. The topological polar surface area (TPSA) is 37.4 Å². The summed E-state index contributed by atoms with van der Waals surface area (Å²) in [5.74, 6) is 1.54. The molecule has 0 fully saturated rings. The molecule has 4 nitrogen and oxygen atoms in total. The number of hydrogen-bond donors (Lipinski definition) is 1. The van der Waals surface area contributed by atoms with Crippen LogP contribution < -0.4 is 10.2 Å². The number of ether oxygens (including phenoxy) is 1. The first-order chi connectivity index (χ1) is 9.45. The standard InChI is InChI=1S/C15H26ClN3O/c1-11(2)7-17-8-13-6-15(18-9-14(13)16)19(4)12(3)10-20-5/h6,9,11-12,17H,7-8,10H2,1-5H3. The van der Waals surface area contributed by atoms with Gasteiger partial charge in [0.05, 0.1) is 17.7 Å². The van der Waals surface area contributed by atoms with E-state index in [4.69, 9.17) is 16.3 Å². The zero-order chi connectivity index (χ0) is 15.1. The van der Waals surface area contributed by atoms with Gasteiger partial charge in [-0.2, -0.15) is 0 Å². The van der Waals surface area contributed by atoms with E-state index in [0.717, 1.165) is 24.5 Å². The van der Waals surface area contributed by atoms with Crippen molar-refractivity contribution in [3.63, 3.8) is 0 Å². The summed E-state index contributed by atoms with van der Waals surface area (Å²) in [7, 11) is 3.73. The zero-order valence-corrected chi connectivity index (χ0v) is 13.9. The molecule has 0 aliphatic rings. The maximum Gasteiger partial charge on any atom is 0.128 e. The molecule has 0 bridgehead atoms. The first-order valence-electron chi connectivity index (χ1n) is 7.02. The smallest absolute Gasteiger partial charge is 0.128 e. The summed E-state index contributed by atoms with van der Waals surface area (Å²) in [6.45, 7) is 8.89. The average Bonchev–Trinajstić information content (AvgIpc) is 2.40. The van der Waals surface area contributed by atoms with Gasteiger partial charge in [0.2, 0.25) is 0 Å². The number of likely N-dealkylation sites (N-methyl/N-ethyl adjacent to an activating group) is 1. The third kappa shape index (κ3) is 5.27. The summed E-state index contributed by atoms with van der Waals surface area (Å²) in [5, 5.41) is 4.11.